The molecule has 8 unspecified atom stereocenters. The van der Waals surface area contributed by atoms with Gasteiger partial charge in [-0.3, -0.25) is 4.79 Å². The molecule has 4 saturated heterocycles. The van der Waals surface area contributed by atoms with Crippen molar-refractivity contribution < 1.29 is 76.6 Å². The number of rotatable bonds is 11. The summed E-state index contributed by atoms with van der Waals surface area (Å²) >= 11 is 0. The highest BCUT2D eigenvalue weighted by molar-refractivity contribution is 5.90. The lowest BCUT2D eigenvalue weighted by Crippen LogP contribution is -2.60. The molecule has 4 heterocycles. The van der Waals surface area contributed by atoms with Crippen LogP contribution >= 0.6 is 0 Å². The van der Waals surface area contributed by atoms with E-state index in [0.29, 0.717) is 71.8 Å². The van der Waals surface area contributed by atoms with Crippen molar-refractivity contribution in [3.05, 3.63) is 60.8 Å². The predicted octanol–water partition coefficient (Wildman–Crippen LogP) is 10.2. The molecule has 446 valence electrons. The molecule has 16 nitrogen and oxygen atoms in total. The van der Waals surface area contributed by atoms with Crippen LogP contribution in [-0.2, 0) is 71.5 Å². The smallest absolute Gasteiger partial charge is 0.347 e. The lowest BCUT2D eigenvalue weighted by Gasteiger charge is -2.61. The Balaban J connectivity index is 0.000000123. The van der Waals surface area contributed by atoms with Gasteiger partial charge in [0, 0.05) is 46.1 Å². The first-order valence-electron chi connectivity index (χ1n) is 30.0. The summed E-state index contributed by atoms with van der Waals surface area (Å²) in [5.74, 6) is 4.18. The molecule has 16 aliphatic rings. The molecule has 16 fully saturated rings. The van der Waals surface area contributed by atoms with Crippen LogP contribution in [0.5, 0.6) is 0 Å². The Morgan fingerprint density at radius 3 is 1.49 bits per heavy atom. The SMILES string of the molecule is C=C(C)C(=O)OC(C)(C)C12CC3CC(CC(C3)C1)C2.C=C(C)C(=O)OC1(C)C2CC3CC(C2)CC1C3.C=C(C)C(=O)OC12CC3CC(CC(O)(C3)C1)C2.C=C(C)C(=O)OC1C2CC3C(=O)OC1C3O2.C=C(C)C(=O)OC1CCOC1=O. The third-order valence-corrected chi connectivity index (χ3v) is 20.9. The monoisotopic (exact) mass is 1130 g/mol. The van der Waals surface area contributed by atoms with E-state index in [1.165, 1.54) is 84.0 Å². The van der Waals surface area contributed by atoms with E-state index in [2.05, 4.69) is 58.4 Å². The standard InChI is InChI=1S/C17H26O2.C15H22O2.C14H20O3.C11H12O5.C8H10O4/c1-11(2)15(18)19-16(3,4)17-8-12-5-13(9-17)7-14(6-12)10-17;1-9(2)14(16)17-15(3)12-5-10-4-11(7-12)8-13(15)6-10;1-9(2)12(15)17-14-6-10-3-11(7-14)5-13(16,4-10)8-14;1-4(2)10(12)15-8-6-3-5-7(14-6)9(8)16-11(5)13;1-5(2)7(9)12-6-3-4-11-8(6)10/h12-14H,1,5-10H2,2-4H3;10-13H,1,4-8H2,2-3H3;10-11,16H,1,3-8H2,2H3;5-9H,1,3H2,2H3;6H,1,3-4H2,2H3. The van der Waals surface area contributed by atoms with E-state index in [4.69, 9.17) is 33.2 Å². The number of hydrogen-bond donors (Lipinski definition) is 1. The zero-order valence-electron chi connectivity index (χ0n) is 49.4. The van der Waals surface area contributed by atoms with Crippen molar-refractivity contribution >= 4 is 41.8 Å². The summed E-state index contributed by atoms with van der Waals surface area (Å²) in [6.07, 6.45) is 19.1. The number of aliphatic hydroxyl groups is 1. The quantitative estimate of drug-likeness (QED) is 0.116. The summed E-state index contributed by atoms with van der Waals surface area (Å²) < 4.78 is 42.7. The van der Waals surface area contributed by atoms with E-state index >= 15 is 0 Å². The Bertz CT molecular complexity index is 2520. The normalized spacial score (nSPS) is 40.9. The molecule has 16 rings (SSSR count). The molecule has 0 aromatic carbocycles. The van der Waals surface area contributed by atoms with Crippen LogP contribution in [0, 0.1) is 64.6 Å². The fraction of sp³-hybridized carbons (Fsp3) is 0.738. The number of fused-ring (bicyclic) bond motifs is 1. The van der Waals surface area contributed by atoms with Gasteiger partial charge in [-0.2, -0.15) is 0 Å². The first kappa shape index (κ1) is 60.5. The number of ether oxygens (including phenoxy) is 8. The molecule has 0 aromatic heterocycles. The highest BCUT2D eigenvalue weighted by Crippen LogP contribution is 2.65. The number of carbonyl (C=O) groups excluding carboxylic acids is 7. The Labute approximate surface area is 478 Å². The molecule has 12 aliphatic carbocycles. The van der Waals surface area contributed by atoms with Gasteiger partial charge in [0.05, 0.1) is 24.2 Å². The molecule has 4 aliphatic heterocycles. The number of cyclic esters (lactones) is 1. The molecular formula is C65H90O16. The molecule has 81 heavy (non-hydrogen) atoms. The molecule has 8 atom stereocenters. The van der Waals surface area contributed by atoms with E-state index in [9.17, 15) is 38.7 Å². The highest BCUT2D eigenvalue weighted by atomic mass is 16.7. The molecule has 0 radical (unpaired) electrons. The van der Waals surface area contributed by atoms with Crippen LogP contribution in [0.1, 0.15) is 177 Å². The van der Waals surface area contributed by atoms with E-state index < -0.39 is 47.4 Å². The summed E-state index contributed by atoms with van der Waals surface area (Å²) in [7, 11) is 0. The minimum Gasteiger partial charge on any atom is -0.463 e. The van der Waals surface area contributed by atoms with Gasteiger partial charge in [0.25, 0.3) is 0 Å². The molecule has 16 heteroatoms. The number of carbonyl (C=O) groups is 7. The second-order valence-corrected chi connectivity index (χ2v) is 28.2. The molecule has 0 aromatic rings. The number of esters is 7. The largest absolute Gasteiger partial charge is 0.463 e. The van der Waals surface area contributed by atoms with Gasteiger partial charge < -0.3 is 43.0 Å². The van der Waals surface area contributed by atoms with Crippen LogP contribution in [0.15, 0.2) is 60.8 Å². The van der Waals surface area contributed by atoms with Gasteiger partial charge >= 0.3 is 41.8 Å². The summed E-state index contributed by atoms with van der Waals surface area (Å²) in [6.45, 7) is 33.0. The van der Waals surface area contributed by atoms with Crippen molar-refractivity contribution in [1.29, 1.82) is 0 Å². The minimum atomic E-state index is -0.728. The zero-order valence-corrected chi connectivity index (χ0v) is 49.4. The van der Waals surface area contributed by atoms with Gasteiger partial charge in [0.2, 0.25) is 6.10 Å². The van der Waals surface area contributed by atoms with Crippen molar-refractivity contribution in [1.82, 2.24) is 0 Å². The lowest BCUT2D eigenvalue weighted by molar-refractivity contribution is -0.217. The van der Waals surface area contributed by atoms with Crippen molar-refractivity contribution in [3.8, 4) is 0 Å². The first-order valence-corrected chi connectivity index (χ1v) is 30.0. The topological polar surface area (TPSA) is 214 Å². The van der Waals surface area contributed by atoms with Crippen molar-refractivity contribution in [2.24, 2.45) is 64.6 Å². The third-order valence-electron chi connectivity index (χ3n) is 20.9. The Morgan fingerprint density at radius 2 is 1.02 bits per heavy atom. The van der Waals surface area contributed by atoms with Crippen molar-refractivity contribution in [3.63, 3.8) is 0 Å². The van der Waals surface area contributed by atoms with Gasteiger partial charge in [-0.1, -0.05) is 32.9 Å². The fourth-order valence-corrected chi connectivity index (χ4v) is 17.8. The first-order chi connectivity index (χ1) is 37.9. The minimum absolute atomic E-state index is 0.158. The fourth-order valence-electron chi connectivity index (χ4n) is 17.8. The maximum Gasteiger partial charge on any atom is 0.347 e. The molecule has 12 saturated carbocycles. The third kappa shape index (κ3) is 12.6. The van der Waals surface area contributed by atoms with Crippen molar-refractivity contribution in [2.45, 2.75) is 230 Å². The van der Waals surface area contributed by atoms with Crippen LogP contribution in [0.4, 0.5) is 0 Å². The summed E-state index contributed by atoms with van der Waals surface area (Å²) in [4.78, 5) is 80.0. The molecule has 1 N–H and O–H groups in total. The van der Waals surface area contributed by atoms with E-state index in [1.807, 2.05) is 0 Å². The zero-order chi connectivity index (χ0) is 58.9. The second kappa shape index (κ2) is 22.8. The summed E-state index contributed by atoms with van der Waals surface area (Å²) in [5, 5.41) is 10.5. The molecule has 0 spiro atoms. The molecule has 14 bridgehead atoms. The number of hydrogen-bond acceptors (Lipinski definition) is 16. The van der Waals surface area contributed by atoms with E-state index in [0.717, 1.165) is 55.3 Å². The molecular weight excluding hydrogens is 1040 g/mol. The lowest BCUT2D eigenvalue weighted by atomic mass is 9.46. The van der Waals surface area contributed by atoms with Gasteiger partial charge in [-0.15, -0.1) is 0 Å². The Morgan fingerprint density at radius 1 is 0.556 bits per heavy atom. The maximum absolute atomic E-state index is 11.9. The maximum atomic E-state index is 11.9. The Hall–Kier alpha value is -5.09. The van der Waals surface area contributed by atoms with E-state index in [1.54, 1.807) is 27.7 Å². The highest BCUT2D eigenvalue weighted by Gasteiger charge is 2.66. The van der Waals surface area contributed by atoms with Crippen LogP contribution in [0.2, 0.25) is 0 Å². The molecule has 0 amide bonds. The van der Waals surface area contributed by atoms with Crippen LogP contribution in [-0.4, -0.2) is 106 Å². The average molecular weight is 1130 g/mol. The van der Waals surface area contributed by atoms with E-state index in [-0.39, 0.29) is 64.2 Å². The van der Waals surface area contributed by atoms with Crippen LogP contribution < -0.4 is 0 Å². The average Bonchev–Trinajstić information content (AvgIpc) is 4.27. The Kier molecular flexibility index (Phi) is 17.0. The van der Waals surface area contributed by atoms with Gasteiger partial charge in [-0.05, 0) is 218 Å². The van der Waals surface area contributed by atoms with Gasteiger partial charge in [-0.25, -0.2) is 28.8 Å². The van der Waals surface area contributed by atoms with Gasteiger partial charge in [0.15, 0.2) is 12.2 Å². The van der Waals surface area contributed by atoms with Crippen molar-refractivity contribution in [2.75, 3.05) is 6.61 Å². The predicted molar refractivity (Wildman–Crippen MR) is 297 cm³/mol. The van der Waals surface area contributed by atoms with Gasteiger partial charge in [0.1, 0.15) is 22.9 Å². The van der Waals surface area contributed by atoms with Crippen LogP contribution in [0.3, 0.4) is 0 Å². The summed E-state index contributed by atoms with van der Waals surface area (Å²) in [5.41, 5.74) is 0.827. The summed E-state index contributed by atoms with van der Waals surface area (Å²) in [6, 6.07) is 0. The van der Waals surface area contributed by atoms with Crippen LogP contribution in [0.25, 0.3) is 0 Å². The second-order valence-electron chi connectivity index (χ2n) is 28.2.